The number of hydrogen-bond donors (Lipinski definition) is 2. The second-order valence-corrected chi connectivity index (χ2v) is 5.96. The Morgan fingerprint density at radius 3 is 2.44 bits per heavy atom. The number of carbonyl (C=O) groups is 1. The van der Waals surface area contributed by atoms with E-state index in [1.54, 1.807) is 0 Å². The zero-order valence-corrected chi connectivity index (χ0v) is 11.1. The van der Waals surface area contributed by atoms with Crippen molar-refractivity contribution < 1.29 is 4.79 Å². The van der Waals surface area contributed by atoms with E-state index in [-0.39, 0.29) is 11.4 Å². The van der Waals surface area contributed by atoms with E-state index >= 15 is 0 Å². The van der Waals surface area contributed by atoms with Crippen molar-refractivity contribution in [2.45, 2.75) is 65.0 Å². The molecule has 1 aliphatic rings. The van der Waals surface area contributed by atoms with E-state index < -0.39 is 0 Å². The van der Waals surface area contributed by atoms with E-state index in [9.17, 15) is 4.79 Å². The highest BCUT2D eigenvalue weighted by molar-refractivity contribution is 5.78. The molecular formula is C13H26N2O. The fraction of sp³-hybridized carbons (Fsp3) is 0.923. The van der Waals surface area contributed by atoms with Gasteiger partial charge in [0.2, 0.25) is 5.91 Å². The van der Waals surface area contributed by atoms with Crippen LogP contribution in [0.1, 0.15) is 53.4 Å². The van der Waals surface area contributed by atoms with Gasteiger partial charge in [-0.2, -0.15) is 0 Å². The highest BCUT2D eigenvalue weighted by Crippen LogP contribution is 2.33. The largest absolute Gasteiger partial charge is 0.352 e. The molecule has 0 spiro atoms. The van der Waals surface area contributed by atoms with Crippen LogP contribution in [0.25, 0.3) is 0 Å². The first-order valence-corrected chi connectivity index (χ1v) is 6.45. The molecule has 3 nitrogen and oxygen atoms in total. The van der Waals surface area contributed by atoms with Crippen LogP contribution in [0.15, 0.2) is 0 Å². The lowest BCUT2D eigenvalue weighted by atomic mass is 10.1. The highest BCUT2D eigenvalue weighted by Gasteiger charge is 2.25. The van der Waals surface area contributed by atoms with Crippen LogP contribution < -0.4 is 10.6 Å². The van der Waals surface area contributed by atoms with Crippen molar-refractivity contribution in [2.75, 3.05) is 6.54 Å². The van der Waals surface area contributed by atoms with Gasteiger partial charge in [-0.15, -0.1) is 0 Å². The van der Waals surface area contributed by atoms with Gasteiger partial charge in [-0.3, -0.25) is 4.79 Å². The molecule has 1 rings (SSSR count). The lowest BCUT2D eigenvalue weighted by Gasteiger charge is -2.22. The molecule has 1 fully saturated rings. The third kappa shape index (κ3) is 6.11. The molecule has 0 bridgehead atoms. The lowest BCUT2D eigenvalue weighted by molar-refractivity contribution is -0.121. The maximum Gasteiger partial charge on any atom is 0.234 e. The Balaban J connectivity index is 2.19. The first-order valence-electron chi connectivity index (χ1n) is 6.45. The normalized spacial score (nSPS) is 18.2. The van der Waals surface area contributed by atoms with E-state index in [1.165, 1.54) is 12.8 Å². The molecule has 0 aromatic carbocycles. The van der Waals surface area contributed by atoms with Crippen LogP contribution in [0.5, 0.6) is 0 Å². The van der Waals surface area contributed by atoms with Crippen LogP contribution in [-0.2, 0) is 4.79 Å². The number of carbonyl (C=O) groups excluding carboxylic acids is 1. The minimum absolute atomic E-state index is 0.00947. The van der Waals surface area contributed by atoms with Crippen molar-refractivity contribution in [1.82, 2.24) is 10.6 Å². The topological polar surface area (TPSA) is 41.1 Å². The van der Waals surface area contributed by atoms with Crippen LogP contribution in [0.3, 0.4) is 0 Å². The average molecular weight is 226 g/mol. The van der Waals surface area contributed by atoms with Crippen molar-refractivity contribution in [3.05, 3.63) is 0 Å². The second kappa shape index (κ2) is 5.67. The zero-order valence-electron chi connectivity index (χ0n) is 11.1. The molecule has 1 atom stereocenters. The van der Waals surface area contributed by atoms with Gasteiger partial charge in [-0.05, 0) is 39.5 Å². The summed E-state index contributed by atoms with van der Waals surface area (Å²) in [7, 11) is 0. The Morgan fingerprint density at radius 1 is 1.38 bits per heavy atom. The average Bonchev–Trinajstić information content (AvgIpc) is 2.96. The first-order chi connectivity index (χ1) is 7.40. The third-order valence-corrected chi connectivity index (χ3v) is 2.95. The second-order valence-electron chi connectivity index (χ2n) is 5.96. The van der Waals surface area contributed by atoms with E-state index in [4.69, 9.17) is 0 Å². The van der Waals surface area contributed by atoms with Gasteiger partial charge < -0.3 is 10.6 Å². The third-order valence-electron chi connectivity index (χ3n) is 2.95. The Labute approximate surface area is 99.4 Å². The van der Waals surface area contributed by atoms with E-state index in [0.717, 1.165) is 18.8 Å². The number of nitrogens with one attached hydrogen (secondary N) is 2. The summed E-state index contributed by atoms with van der Waals surface area (Å²) in [5.74, 6) is 1.00. The van der Waals surface area contributed by atoms with Gasteiger partial charge in [0, 0.05) is 11.6 Å². The number of amides is 1. The van der Waals surface area contributed by atoms with Crippen LogP contribution in [0.2, 0.25) is 0 Å². The van der Waals surface area contributed by atoms with Crippen molar-refractivity contribution in [3.8, 4) is 0 Å². The Hall–Kier alpha value is -0.570. The summed E-state index contributed by atoms with van der Waals surface area (Å²) < 4.78 is 0. The summed E-state index contributed by atoms with van der Waals surface area (Å²) in [6, 6.07) is 0.377. The molecule has 3 heteroatoms. The standard InChI is InChI=1S/C13H26N2O/c1-5-11(8-10-6-7-10)15-12(16)9-14-13(2,3)4/h10-11,14H,5-9H2,1-4H3,(H,15,16). The molecule has 0 aromatic rings. The monoisotopic (exact) mass is 226 g/mol. The van der Waals surface area contributed by atoms with E-state index in [1.807, 2.05) is 0 Å². The van der Waals surface area contributed by atoms with Gasteiger partial charge in [0.15, 0.2) is 0 Å². The summed E-state index contributed by atoms with van der Waals surface area (Å²) in [6.45, 7) is 8.78. The van der Waals surface area contributed by atoms with Crippen molar-refractivity contribution in [2.24, 2.45) is 5.92 Å². The summed E-state index contributed by atoms with van der Waals surface area (Å²) in [5, 5.41) is 6.32. The van der Waals surface area contributed by atoms with Crippen LogP contribution in [0.4, 0.5) is 0 Å². The smallest absolute Gasteiger partial charge is 0.234 e. The molecule has 0 aromatic heterocycles. The van der Waals surface area contributed by atoms with Crippen LogP contribution >= 0.6 is 0 Å². The molecule has 0 radical (unpaired) electrons. The highest BCUT2D eigenvalue weighted by atomic mass is 16.2. The minimum atomic E-state index is 0.00947. The summed E-state index contributed by atoms with van der Waals surface area (Å²) in [5.41, 5.74) is 0.00947. The fourth-order valence-corrected chi connectivity index (χ4v) is 1.71. The predicted octanol–water partition coefficient (Wildman–Crippen LogP) is 2.07. The van der Waals surface area contributed by atoms with Crippen LogP contribution in [0, 0.1) is 5.92 Å². The van der Waals surface area contributed by atoms with Gasteiger partial charge in [-0.1, -0.05) is 19.8 Å². The van der Waals surface area contributed by atoms with Gasteiger partial charge in [0.1, 0.15) is 0 Å². The molecule has 1 saturated carbocycles. The van der Waals surface area contributed by atoms with Crippen LogP contribution in [-0.4, -0.2) is 24.0 Å². The molecule has 94 valence electrons. The lowest BCUT2D eigenvalue weighted by Crippen LogP contribution is -2.45. The molecule has 16 heavy (non-hydrogen) atoms. The van der Waals surface area contributed by atoms with E-state index in [0.29, 0.717) is 12.6 Å². The maximum atomic E-state index is 11.7. The van der Waals surface area contributed by atoms with Crippen molar-refractivity contribution in [1.29, 1.82) is 0 Å². The van der Waals surface area contributed by atoms with E-state index in [2.05, 4.69) is 38.3 Å². The zero-order chi connectivity index (χ0) is 12.2. The minimum Gasteiger partial charge on any atom is -0.352 e. The van der Waals surface area contributed by atoms with Gasteiger partial charge in [-0.25, -0.2) is 0 Å². The Kier molecular flexibility index (Phi) is 4.78. The summed E-state index contributed by atoms with van der Waals surface area (Å²) in [6.07, 6.45) is 4.91. The Morgan fingerprint density at radius 2 is 2.00 bits per heavy atom. The molecule has 0 aliphatic heterocycles. The van der Waals surface area contributed by atoms with Gasteiger partial charge in [0.05, 0.1) is 6.54 Å². The van der Waals surface area contributed by atoms with Gasteiger partial charge >= 0.3 is 0 Å². The molecule has 0 heterocycles. The molecule has 1 aliphatic carbocycles. The van der Waals surface area contributed by atoms with Crippen molar-refractivity contribution in [3.63, 3.8) is 0 Å². The van der Waals surface area contributed by atoms with Gasteiger partial charge in [0.25, 0.3) is 0 Å². The molecule has 1 unspecified atom stereocenters. The summed E-state index contributed by atoms with van der Waals surface area (Å²) >= 11 is 0. The fourth-order valence-electron chi connectivity index (χ4n) is 1.71. The first kappa shape index (κ1) is 13.5. The number of hydrogen-bond acceptors (Lipinski definition) is 2. The van der Waals surface area contributed by atoms with Crippen molar-refractivity contribution >= 4 is 5.91 Å². The Bertz CT molecular complexity index is 229. The predicted molar refractivity (Wildman–Crippen MR) is 67.3 cm³/mol. The molecule has 1 amide bonds. The quantitative estimate of drug-likeness (QED) is 0.728. The molecular weight excluding hydrogens is 200 g/mol. The molecule has 0 saturated heterocycles. The maximum absolute atomic E-state index is 11.7. The molecule has 2 N–H and O–H groups in total. The number of rotatable bonds is 6. The summed E-state index contributed by atoms with van der Waals surface area (Å²) in [4.78, 5) is 11.7. The SMILES string of the molecule is CCC(CC1CC1)NC(=O)CNC(C)(C)C.